The van der Waals surface area contributed by atoms with E-state index in [1.165, 1.54) is 23.9 Å². The van der Waals surface area contributed by atoms with Gasteiger partial charge in [-0.2, -0.15) is 0 Å². The molecule has 1 aliphatic rings. The van der Waals surface area contributed by atoms with Gasteiger partial charge in [-0.15, -0.1) is 11.6 Å². The van der Waals surface area contributed by atoms with E-state index in [0.717, 1.165) is 24.3 Å². The van der Waals surface area contributed by atoms with Crippen molar-refractivity contribution in [3.05, 3.63) is 36.0 Å². The highest BCUT2D eigenvalue weighted by Gasteiger charge is 2.26. The Morgan fingerprint density at radius 3 is 2.60 bits per heavy atom. The third kappa shape index (κ3) is 2.62. The third-order valence-corrected chi connectivity index (χ3v) is 4.62. The van der Waals surface area contributed by atoms with E-state index < -0.39 is 0 Å². The molecule has 2 nitrogen and oxygen atoms in total. The van der Waals surface area contributed by atoms with Crippen molar-refractivity contribution in [2.75, 3.05) is 18.0 Å². The highest BCUT2D eigenvalue weighted by Crippen LogP contribution is 2.35. The van der Waals surface area contributed by atoms with Crippen LogP contribution in [0.15, 0.2) is 30.3 Å². The molecule has 0 atom stereocenters. The van der Waals surface area contributed by atoms with Gasteiger partial charge in [-0.05, 0) is 30.4 Å². The lowest BCUT2D eigenvalue weighted by Gasteiger charge is -2.38. The first-order valence-electron chi connectivity index (χ1n) is 7.29. The zero-order chi connectivity index (χ0) is 14.2. The third-order valence-electron chi connectivity index (χ3n) is 4.34. The van der Waals surface area contributed by atoms with E-state index in [1.54, 1.807) is 0 Å². The van der Waals surface area contributed by atoms with Gasteiger partial charge in [0.15, 0.2) is 0 Å². The SMILES string of the molecule is CC1(C)CCN(c2cc(CCl)nc3ccccc23)CC1. The van der Waals surface area contributed by atoms with Crippen molar-refractivity contribution in [1.29, 1.82) is 0 Å². The predicted molar refractivity (Wildman–Crippen MR) is 86.5 cm³/mol. The molecule has 0 radical (unpaired) electrons. The summed E-state index contributed by atoms with van der Waals surface area (Å²) in [6, 6.07) is 10.5. The summed E-state index contributed by atoms with van der Waals surface area (Å²) >= 11 is 6.00. The van der Waals surface area contributed by atoms with Crippen molar-refractivity contribution in [1.82, 2.24) is 4.98 Å². The monoisotopic (exact) mass is 288 g/mol. The van der Waals surface area contributed by atoms with Crippen LogP contribution in [0.1, 0.15) is 32.4 Å². The molecule has 106 valence electrons. The molecule has 1 aromatic carbocycles. The Hall–Kier alpha value is -1.28. The fraction of sp³-hybridized carbons (Fsp3) is 0.471. The number of fused-ring (bicyclic) bond motifs is 1. The Morgan fingerprint density at radius 2 is 1.90 bits per heavy atom. The Kier molecular flexibility index (Phi) is 3.59. The van der Waals surface area contributed by atoms with Crippen molar-refractivity contribution in [3.8, 4) is 0 Å². The van der Waals surface area contributed by atoms with Crippen molar-refractivity contribution in [3.63, 3.8) is 0 Å². The normalized spacial score (nSPS) is 18.4. The molecule has 0 aliphatic carbocycles. The van der Waals surface area contributed by atoms with E-state index >= 15 is 0 Å². The first kappa shape index (κ1) is 13.7. The number of piperidine rings is 1. The first-order chi connectivity index (χ1) is 9.59. The molecule has 3 rings (SSSR count). The lowest BCUT2D eigenvalue weighted by atomic mass is 9.82. The second kappa shape index (κ2) is 5.25. The summed E-state index contributed by atoms with van der Waals surface area (Å²) in [5.74, 6) is 0.469. The number of alkyl halides is 1. The van der Waals surface area contributed by atoms with E-state index in [4.69, 9.17) is 11.6 Å². The molecular formula is C17H21ClN2. The second-order valence-corrected chi connectivity index (χ2v) is 6.70. The molecule has 0 N–H and O–H groups in total. The second-order valence-electron chi connectivity index (χ2n) is 6.43. The van der Waals surface area contributed by atoms with E-state index in [0.29, 0.717) is 11.3 Å². The number of nitrogens with zero attached hydrogens (tertiary/aromatic N) is 2. The van der Waals surface area contributed by atoms with Crippen LogP contribution < -0.4 is 4.90 Å². The van der Waals surface area contributed by atoms with Gasteiger partial charge in [0.2, 0.25) is 0 Å². The van der Waals surface area contributed by atoms with Crippen LogP contribution in [0.3, 0.4) is 0 Å². The van der Waals surface area contributed by atoms with Crippen LogP contribution in [0.4, 0.5) is 5.69 Å². The fourth-order valence-corrected chi connectivity index (χ4v) is 3.03. The highest BCUT2D eigenvalue weighted by atomic mass is 35.5. The van der Waals surface area contributed by atoms with Gasteiger partial charge >= 0.3 is 0 Å². The van der Waals surface area contributed by atoms with Crippen LogP contribution in [0.5, 0.6) is 0 Å². The number of hydrogen-bond acceptors (Lipinski definition) is 2. The number of anilines is 1. The van der Waals surface area contributed by atoms with Gasteiger partial charge < -0.3 is 4.90 Å². The van der Waals surface area contributed by atoms with Crippen LogP contribution in [0, 0.1) is 5.41 Å². The first-order valence-corrected chi connectivity index (χ1v) is 7.82. The fourth-order valence-electron chi connectivity index (χ4n) is 2.89. The Bertz CT molecular complexity index is 611. The number of para-hydroxylation sites is 1. The molecule has 0 amide bonds. The molecular weight excluding hydrogens is 268 g/mol. The van der Waals surface area contributed by atoms with Crippen LogP contribution in [0.2, 0.25) is 0 Å². The molecule has 2 heterocycles. The molecule has 3 heteroatoms. The maximum absolute atomic E-state index is 6.00. The summed E-state index contributed by atoms with van der Waals surface area (Å²) in [5.41, 5.74) is 3.77. The van der Waals surface area contributed by atoms with Gasteiger partial charge in [0.05, 0.1) is 17.1 Å². The van der Waals surface area contributed by atoms with E-state index in [-0.39, 0.29) is 0 Å². The molecule has 1 saturated heterocycles. The zero-order valence-electron chi connectivity index (χ0n) is 12.2. The summed E-state index contributed by atoms with van der Waals surface area (Å²) in [4.78, 5) is 7.11. The number of aromatic nitrogens is 1. The Labute approximate surface area is 125 Å². The Morgan fingerprint density at radius 1 is 1.20 bits per heavy atom. The molecule has 1 aromatic heterocycles. The molecule has 0 bridgehead atoms. The quantitative estimate of drug-likeness (QED) is 0.751. The molecule has 0 saturated carbocycles. The number of benzene rings is 1. The molecule has 0 unspecified atom stereocenters. The summed E-state index contributed by atoms with van der Waals surface area (Å²) in [7, 11) is 0. The maximum atomic E-state index is 6.00. The molecule has 2 aromatic rings. The van der Waals surface area contributed by atoms with Crippen LogP contribution >= 0.6 is 11.6 Å². The molecule has 1 fully saturated rings. The lowest BCUT2D eigenvalue weighted by Crippen LogP contribution is -2.37. The van der Waals surface area contributed by atoms with Gasteiger partial charge in [-0.25, -0.2) is 0 Å². The van der Waals surface area contributed by atoms with Gasteiger partial charge in [-0.1, -0.05) is 32.0 Å². The predicted octanol–water partition coefficient (Wildman–Crippen LogP) is 4.60. The van der Waals surface area contributed by atoms with Gasteiger partial charge in [0.1, 0.15) is 0 Å². The highest BCUT2D eigenvalue weighted by molar-refractivity contribution is 6.17. The van der Waals surface area contributed by atoms with Crippen molar-refractivity contribution in [2.24, 2.45) is 5.41 Å². The standard InChI is InChI=1S/C17H21ClN2/c1-17(2)7-9-20(10-8-17)16-11-13(12-18)19-15-6-4-3-5-14(15)16/h3-6,11H,7-10,12H2,1-2H3. The molecule has 20 heavy (non-hydrogen) atoms. The minimum Gasteiger partial charge on any atom is -0.371 e. The van der Waals surface area contributed by atoms with E-state index in [9.17, 15) is 0 Å². The van der Waals surface area contributed by atoms with Gasteiger partial charge in [-0.3, -0.25) is 4.98 Å². The molecule has 1 aliphatic heterocycles. The smallest absolute Gasteiger partial charge is 0.0726 e. The van der Waals surface area contributed by atoms with Crippen LogP contribution in [-0.2, 0) is 5.88 Å². The minimum atomic E-state index is 0.467. The number of rotatable bonds is 2. The number of pyridine rings is 1. The van der Waals surface area contributed by atoms with Gasteiger partial charge in [0, 0.05) is 24.2 Å². The zero-order valence-corrected chi connectivity index (χ0v) is 13.0. The van der Waals surface area contributed by atoms with Crippen LogP contribution in [-0.4, -0.2) is 18.1 Å². The van der Waals surface area contributed by atoms with Crippen molar-refractivity contribution < 1.29 is 0 Å². The minimum absolute atomic E-state index is 0.467. The largest absolute Gasteiger partial charge is 0.371 e. The van der Waals surface area contributed by atoms with Crippen molar-refractivity contribution >= 4 is 28.2 Å². The summed E-state index contributed by atoms with van der Waals surface area (Å²) in [6.07, 6.45) is 2.47. The lowest BCUT2D eigenvalue weighted by molar-refractivity contribution is 0.280. The summed E-state index contributed by atoms with van der Waals surface area (Å²) in [6.45, 7) is 6.95. The average Bonchev–Trinajstić information content (AvgIpc) is 2.46. The van der Waals surface area contributed by atoms with E-state index in [2.05, 4.69) is 48.0 Å². The van der Waals surface area contributed by atoms with E-state index in [1.807, 2.05) is 6.07 Å². The molecule has 0 spiro atoms. The average molecular weight is 289 g/mol. The maximum Gasteiger partial charge on any atom is 0.0726 e. The number of hydrogen-bond donors (Lipinski definition) is 0. The summed E-state index contributed by atoms with van der Waals surface area (Å²) < 4.78 is 0. The van der Waals surface area contributed by atoms with Crippen molar-refractivity contribution in [2.45, 2.75) is 32.6 Å². The topological polar surface area (TPSA) is 16.1 Å². The van der Waals surface area contributed by atoms with Gasteiger partial charge in [0.25, 0.3) is 0 Å². The van der Waals surface area contributed by atoms with Crippen LogP contribution in [0.25, 0.3) is 10.9 Å². The summed E-state index contributed by atoms with van der Waals surface area (Å²) in [5, 5.41) is 1.24. The number of halogens is 1. The Balaban J connectivity index is 2.02.